The summed E-state index contributed by atoms with van der Waals surface area (Å²) in [6.45, 7) is 0. The van der Waals surface area contributed by atoms with Gasteiger partial charge in [0.05, 0.1) is 26.7 Å². The van der Waals surface area contributed by atoms with Crippen molar-refractivity contribution in [1.29, 1.82) is 0 Å². The highest BCUT2D eigenvalue weighted by atomic mass is 35.5. The standard InChI is InChI=1S/C15H20N2O5.ClH/c1-21-13(18)9-11(16)14(19)17-12(15(20)22-2)8-10-6-4-3-5-7-10;/h3-7,11-12H,8-9,16H2,1-2H3,(H,17,19);1H/t11-,12+;/m0./s1. The number of halogens is 1. The molecule has 2 atom stereocenters. The lowest BCUT2D eigenvalue weighted by Gasteiger charge is -2.19. The second-order valence-electron chi connectivity index (χ2n) is 4.66. The Kier molecular flexibility index (Phi) is 9.60. The second-order valence-corrected chi connectivity index (χ2v) is 4.66. The molecule has 0 saturated heterocycles. The van der Waals surface area contributed by atoms with E-state index in [0.717, 1.165) is 5.56 Å². The van der Waals surface area contributed by atoms with E-state index >= 15 is 0 Å². The number of nitrogens with one attached hydrogen (secondary N) is 1. The van der Waals surface area contributed by atoms with Gasteiger partial charge in [0.15, 0.2) is 0 Å². The summed E-state index contributed by atoms with van der Waals surface area (Å²) in [5, 5.41) is 2.50. The molecular weight excluding hydrogens is 324 g/mol. The maximum Gasteiger partial charge on any atom is 0.328 e. The lowest BCUT2D eigenvalue weighted by atomic mass is 10.1. The van der Waals surface area contributed by atoms with Gasteiger partial charge in [0, 0.05) is 6.42 Å². The van der Waals surface area contributed by atoms with Crippen molar-refractivity contribution in [2.24, 2.45) is 5.73 Å². The van der Waals surface area contributed by atoms with Crippen LogP contribution in [-0.2, 0) is 30.3 Å². The van der Waals surface area contributed by atoms with E-state index in [-0.39, 0.29) is 25.2 Å². The Morgan fingerprint density at radius 2 is 1.74 bits per heavy atom. The van der Waals surface area contributed by atoms with Gasteiger partial charge in [-0.15, -0.1) is 12.4 Å². The molecule has 0 aliphatic rings. The Labute approximate surface area is 140 Å². The third kappa shape index (κ3) is 7.12. The molecule has 1 rings (SSSR count). The average molecular weight is 345 g/mol. The van der Waals surface area contributed by atoms with Crippen LogP contribution < -0.4 is 11.1 Å². The lowest BCUT2D eigenvalue weighted by Crippen LogP contribution is -2.50. The molecule has 0 saturated carbocycles. The van der Waals surface area contributed by atoms with Crippen molar-refractivity contribution in [3.05, 3.63) is 35.9 Å². The summed E-state index contributed by atoms with van der Waals surface area (Å²) < 4.78 is 9.13. The van der Waals surface area contributed by atoms with Crippen LogP contribution in [0.4, 0.5) is 0 Å². The molecule has 0 spiro atoms. The first-order chi connectivity index (χ1) is 10.5. The van der Waals surface area contributed by atoms with Gasteiger partial charge in [0.25, 0.3) is 0 Å². The predicted octanol–water partition coefficient (Wildman–Crippen LogP) is 0.199. The molecule has 1 amide bonds. The van der Waals surface area contributed by atoms with E-state index in [9.17, 15) is 14.4 Å². The summed E-state index contributed by atoms with van der Waals surface area (Å²) in [7, 11) is 2.44. The molecular formula is C15H21ClN2O5. The molecule has 8 heteroatoms. The van der Waals surface area contributed by atoms with E-state index in [1.165, 1.54) is 14.2 Å². The van der Waals surface area contributed by atoms with Gasteiger partial charge in [-0.3, -0.25) is 9.59 Å². The van der Waals surface area contributed by atoms with Crippen LogP contribution in [-0.4, -0.2) is 44.1 Å². The van der Waals surface area contributed by atoms with Crippen LogP contribution in [0.25, 0.3) is 0 Å². The number of rotatable bonds is 7. The maximum atomic E-state index is 12.0. The number of methoxy groups -OCH3 is 2. The van der Waals surface area contributed by atoms with Crippen LogP contribution in [0, 0.1) is 0 Å². The van der Waals surface area contributed by atoms with Crippen molar-refractivity contribution in [2.45, 2.75) is 24.9 Å². The zero-order valence-corrected chi connectivity index (χ0v) is 13.8. The molecule has 128 valence electrons. The smallest absolute Gasteiger partial charge is 0.328 e. The van der Waals surface area contributed by atoms with Gasteiger partial charge in [-0.2, -0.15) is 0 Å². The third-order valence-electron chi connectivity index (χ3n) is 3.04. The van der Waals surface area contributed by atoms with Gasteiger partial charge in [0.2, 0.25) is 5.91 Å². The molecule has 0 aliphatic heterocycles. The average Bonchev–Trinajstić information content (AvgIpc) is 2.54. The topological polar surface area (TPSA) is 108 Å². The SMILES string of the molecule is COC(=O)C[C@H](N)C(=O)N[C@H](Cc1ccccc1)C(=O)OC.Cl. The number of carbonyl (C=O) groups excluding carboxylic acids is 3. The molecule has 0 bridgehead atoms. The lowest BCUT2D eigenvalue weighted by molar-refractivity contribution is -0.145. The minimum absolute atomic E-state index is 0. The fraction of sp³-hybridized carbons (Fsp3) is 0.400. The van der Waals surface area contributed by atoms with Crippen LogP contribution in [0.1, 0.15) is 12.0 Å². The minimum Gasteiger partial charge on any atom is -0.469 e. The zero-order chi connectivity index (χ0) is 16.5. The predicted molar refractivity (Wildman–Crippen MR) is 85.9 cm³/mol. The number of nitrogens with two attached hydrogens (primary N) is 1. The Morgan fingerprint density at radius 1 is 1.13 bits per heavy atom. The number of ether oxygens (including phenoxy) is 2. The summed E-state index contributed by atoms with van der Waals surface area (Å²) in [6, 6.07) is 7.20. The van der Waals surface area contributed by atoms with E-state index in [1.54, 1.807) is 0 Å². The van der Waals surface area contributed by atoms with Crippen molar-refractivity contribution < 1.29 is 23.9 Å². The Bertz CT molecular complexity index is 524. The number of hydrogen-bond acceptors (Lipinski definition) is 6. The highest BCUT2D eigenvalue weighted by Crippen LogP contribution is 2.05. The summed E-state index contributed by atoms with van der Waals surface area (Å²) in [5.74, 6) is -1.79. The molecule has 23 heavy (non-hydrogen) atoms. The summed E-state index contributed by atoms with van der Waals surface area (Å²) >= 11 is 0. The first-order valence-corrected chi connectivity index (χ1v) is 6.72. The Balaban J connectivity index is 0.00000484. The minimum atomic E-state index is -1.09. The summed E-state index contributed by atoms with van der Waals surface area (Å²) in [4.78, 5) is 34.9. The molecule has 3 N–H and O–H groups in total. The highest BCUT2D eigenvalue weighted by Gasteiger charge is 2.26. The first kappa shape index (κ1) is 20.9. The van der Waals surface area contributed by atoms with Crippen LogP contribution >= 0.6 is 12.4 Å². The van der Waals surface area contributed by atoms with E-state index in [1.807, 2.05) is 30.3 Å². The van der Waals surface area contributed by atoms with Gasteiger partial charge < -0.3 is 20.5 Å². The van der Waals surface area contributed by atoms with Crippen molar-refractivity contribution >= 4 is 30.3 Å². The fourth-order valence-electron chi connectivity index (χ4n) is 1.82. The van der Waals surface area contributed by atoms with E-state index in [2.05, 4.69) is 14.8 Å². The number of hydrogen-bond donors (Lipinski definition) is 2. The van der Waals surface area contributed by atoms with Gasteiger partial charge in [0.1, 0.15) is 6.04 Å². The molecule has 0 unspecified atom stereocenters. The van der Waals surface area contributed by atoms with Crippen LogP contribution in [0.5, 0.6) is 0 Å². The van der Waals surface area contributed by atoms with Gasteiger partial charge in [-0.25, -0.2) is 4.79 Å². The van der Waals surface area contributed by atoms with Gasteiger partial charge >= 0.3 is 11.9 Å². The molecule has 7 nitrogen and oxygen atoms in total. The highest BCUT2D eigenvalue weighted by molar-refractivity contribution is 5.90. The number of esters is 2. The second kappa shape index (κ2) is 10.6. The van der Waals surface area contributed by atoms with Crippen molar-refractivity contribution in [2.75, 3.05) is 14.2 Å². The third-order valence-corrected chi connectivity index (χ3v) is 3.04. The normalized spacial score (nSPS) is 12.3. The van der Waals surface area contributed by atoms with Crippen molar-refractivity contribution in [3.8, 4) is 0 Å². The Hall–Kier alpha value is -2.12. The summed E-state index contributed by atoms with van der Waals surface area (Å²) in [6.07, 6.45) is 0.00571. The molecule has 0 heterocycles. The Morgan fingerprint density at radius 3 is 2.26 bits per heavy atom. The molecule has 0 aromatic heterocycles. The molecule has 1 aromatic carbocycles. The maximum absolute atomic E-state index is 12.0. The largest absolute Gasteiger partial charge is 0.469 e. The van der Waals surface area contributed by atoms with E-state index < -0.39 is 29.9 Å². The van der Waals surface area contributed by atoms with Crippen molar-refractivity contribution in [1.82, 2.24) is 5.32 Å². The van der Waals surface area contributed by atoms with E-state index in [4.69, 9.17) is 5.73 Å². The van der Waals surface area contributed by atoms with Crippen LogP contribution in [0.3, 0.4) is 0 Å². The number of amides is 1. The zero-order valence-electron chi connectivity index (χ0n) is 13.0. The van der Waals surface area contributed by atoms with Gasteiger partial charge in [-0.05, 0) is 5.56 Å². The molecule has 0 aliphatic carbocycles. The molecule has 0 fully saturated rings. The fourth-order valence-corrected chi connectivity index (χ4v) is 1.82. The van der Waals surface area contributed by atoms with Crippen LogP contribution in [0.15, 0.2) is 30.3 Å². The first-order valence-electron chi connectivity index (χ1n) is 6.72. The van der Waals surface area contributed by atoms with E-state index in [0.29, 0.717) is 0 Å². The quantitative estimate of drug-likeness (QED) is 0.684. The van der Waals surface area contributed by atoms with Gasteiger partial charge in [-0.1, -0.05) is 30.3 Å². The van der Waals surface area contributed by atoms with Crippen LogP contribution in [0.2, 0.25) is 0 Å². The summed E-state index contributed by atoms with van der Waals surface area (Å²) in [5.41, 5.74) is 6.47. The molecule has 0 radical (unpaired) electrons. The molecule has 1 aromatic rings. The van der Waals surface area contributed by atoms with Crippen molar-refractivity contribution in [3.63, 3.8) is 0 Å². The monoisotopic (exact) mass is 344 g/mol. The number of carbonyl (C=O) groups is 3. The number of benzene rings is 1.